The molecule has 3 rings (SSSR count). The van der Waals surface area contributed by atoms with Crippen LogP contribution in [0.3, 0.4) is 0 Å². The van der Waals surface area contributed by atoms with Crippen LogP contribution < -0.4 is 19.1 Å². The highest BCUT2D eigenvalue weighted by Gasteiger charge is 2.30. The number of carbonyl (C=O) groups excluding carboxylic acids is 1. The molecule has 0 saturated carbocycles. The maximum Gasteiger partial charge on any atom is 0.286 e. The molecule has 0 aliphatic rings. The van der Waals surface area contributed by atoms with Gasteiger partial charge in [0.2, 0.25) is 0 Å². The fraction of sp³-hybridized carbons (Fsp3) is 0.417. The van der Waals surface area contributed by atoms with E-state index in [0.29, 0.717) is 36.1 Å². The van der Waals surface area contributed by atoms with Crippen molar-refractivity contribution in [2.45, 2.75) is 20.8 Å². The van der Waals surface area contributed by atoms with Gasteiger partial charge in [0.15, 0.2) is 16.6 Å². The molecule has 0 unspecified atom stereocenters. The van der Waals surface area contributed by atoms with Crippen LogP contribution in [-0.2, 0) is 0 Å². The lowest BCUT2D eigenvalue weighted by Crippen LogP contribution is -2.39. The summed E-state index contributed by atoms with van der Waals surface area (Å²) in [5.74, 6) is 0.488. The van der Waals surface area contributed by atoms with Gasteiger partial charge in [0, 0.05) is 19.2 Å². The van der Waals surface area contributed by atoms with E-state index in [9.17, 15) is 14.9 Å². The number of halogens is 1. The van der Waals surface area contributed by atoms with E-state index in [1.165, 1.54) is 42.6 Å². The molecule has 1 amide bonds. The quantitative estimate of drug-likeness (QED) is 0.233. The van der Waals surface area contributed by atoms with Gasteiger partial charge in [-0.3, -0.25) is 19.8 Å². The number of thiazole rings is 1. The number of amides is 1. The predicted octanol–water partition coefficient (Wildman–Crippen LogP) is 5.03. The fourth-order valence-corrected chi connectivity index (χ4v) is 4.71. The zero-order valence-corrected chi connectivity index (χ0v) is 22.6. The molecule has 0 aliphatic heterocycles. The summed E-state index contributed by atoms with van der Waals surface area (Å²) in [7, 11) is 2.80. The average Bonchev–Trinajstić information content (AvgIpc) is 3.30. The molecule has 10 nitrogen and oxygen atoms in total. The van der Waals surface area contributed by atoms with Gasteiger partial charge in [-0.05, 0) is 32.1 Å². The lowest BCUT2D eigenvalue weighted by molar-refractivity contribution is -0.385. The lowest BCUT2D eigenvalue weighted by Gasteiger charge is -2.25. The fourth-order valence-electron chi connectivity index (χ4n) is 3.70. The third kappa shape index (κ3) is 6.15. The van der Waals surface area contributed by atoms with Crippen LogP contribution in [0.25, 0.3) is 10.2 Å². The molecule has 196 valence electrons. The molecule has 36 heavy (non-hydrogen) atoms. The van der Waals surface area contributed by atoms with Gasteiger partial charge < -0.3 is 19.1 Å². The third-order valence-electron chi connectivity index (χ3n) is 5.61. The monoisotopic (exact) mass is 538 g/mol. The van der Waals surface area contributed by atoms with Gasteiger partial charge in [-0.25, -0.2) is 4.98 Å². The Kier molecular flexibility index (Phi) is 10.7. The van der Waals surface area contributed by atoms with Crippen LogP contribution in [0.5, 0.6) is 17.2 Å². The number of hydrogen-bond donors (Lipinski definition) is 0. The largest absolute Gasteiger partial charge is 0.493 e. The topological polar surface area (TPSA) is 107 Å². The van der Waals surface area contributed by atoms with Crippen molar-refractivity contribution in [2.24, 2.45) is 0 Å². The van der Waals surface area contributed by atoms with E-state index in [4.69, 9.17) is 19.2 Å². The molecule has 0 saturated heterocycles. The SMILES string of the molecule is CCOc1cccc2sc(N(CCN(CC)CC)C(=O)c3cc(OC)c(OC)cc3[N+](=O)[O-])nc12.Cl. The molecule has 0 bridgehead atoms. The minimum atomic E-state index is -0.594. The Labute approximate surface area is 220 Å². The molecule has 0 aliphatic carbocycles. The van der Waals surface area contributed by atoms with Crippen molar-refractivity contribution in [3.05, 3.63) is 46.0 Å². The molecule has 0 N–H and O–H groups in total. The minimum absolute atomic E-state index is 0. The molecule has 0 radical (unpaired) electrons. The molecule has 0 spiro atoms. The second-order valence-electron chi connectivity index (χ2n) is 7.50. The number of nitro groups is 1. The normalized spacial score (nSPS) is 10.7. The summed E-state index contributed by atoms with van der Waals surface area (Å²) < 4.78 is 17.1. The summed E-state index contributed by atoms with van der Waals surface area (Å²) in [4.78, 5) is 33.5. The minimum Gasteiger partial charge on any atom is -0.493 e. The number of rotatable bonds is 12. The van der Waals surface area contributed by atoms with Crippen molar-refractivity contribution in [2.75, 3.05) is 51.9 Å². The lowest BCUT2D eigenvalue weighted by atomic mass is 10.1. The summed E-state index contributed by atoms with van der Waals surface area (Å²) in [5.41, 5.74) is 0.185. The number of aromatic nitrogens is 1. The van der Waals surface area contributed by atoms with Gasteiger partial charge in [0.25, 0.3) is 11.6 Å². The number of hydrogen-bond acceptors (Lipinski definition) is 9. The number of benzene rings is 2. The van der Waals surface area contributed by atoms with Crippen molar-refractivity contribution in [1.82, 2.24) is 9.88 Å². The van der Waals surface area contributed by atoms with Gasteiger partial charge in [-0.1, -0.05) is 31.3 Å². The van der Waals surface area contributed by atoms with E-state index >= 15 is 0 Å². The van der Waals surface area contributed by atoms with Crippen molar-refractivity contribution in [3.8, 4) is 17.2 Å². The molecule has 2 aromatic carbocycles. The second-order valence-corrected chi connectivity index (χ2v) is 8.51. The second kappa shape index (κ2) is 13.2. The van der Waals surface area contributed by atoms with Crippen LogP contribution in [0.4, 0.5) is 10.8 Å². The van der Waals surface area contributed by atoms with Gasteiger partial charge in [-0.2, -0.15) is 0 Å². The number of nitro benzene ring substituents is 1. The first kappa shape index (κ1) is 29.1. The molecule has 1 aromatic heterocycles. The van der Waals surface area contributed by atoms with Crippen LogP contribution in [0.1, 0.15) is 31.1 Å². The maximum absolute atomic E-state index is 13.9. The van der Waals surface area contributed by atoms with Crippen molar-refractivity contribution < 1.29 is 23.9 Å². The highest BCUT2D eigenvalue weighted by atomic mass is 35.5. The van der Waals surface area contributed by atoms with E-state index in [0.717, 1.165) is 17.8 Å². The van der Waals surface area contributed by atoms with Crippen molar-refractivity contribution in [1.29, 1.82) is 0 Å². The smallest absolute Gasteiger partial charge is 0.286 e. The zero-order valence-electron chi connectivity index (χ0n) is 21.0. The summed E-state index contributed by atoms with van der Waals surface area (Å²) in [6, 6.07) is 8.17. The Bertz CT molecular complexity index is 1200. The first-order valence-corrected chi connectivity index (χ1v) is 12.2. The van der Waals surface area contributed by atoms with Gasteiger partial charge in [0.05, 0.1) is 36.5 Å². The van der Waals surface area contributed by atoms with Gasteiger partial charge in [-0.15, -0.1) is 12.4 Å². The van der Waals surface area contributed by atoms with Crippen LogP contribution in [0, 0.1) is 10.1 Å². The maximum atomic E-state index is 13.9. The highest BCUT2D eigenvalue weighted by Crippen LogP contribution is 2.38. The van der Waals surface area contributed by atoms with Crippen LogP contribution in [0.2, 0.25) is 0 Å². The molecule has 12 heteroatoms. The van der Waals surface area contributed by atoms with Crippen LogP contribution >= 0.6 is 23.7 Å². The molecule has 0 atom stereocenters. The van der Waals surface area contributed by atoms with E-state index in [-0.39, 0.29) is 35.2 Å². The van der Waals surface area contributed by atoms with Crippen LogP contribution in [0.15, 0.2) is 30.3 Å². The Morgan fingerprint density at radius 3 is 2.31 bits per heavy atom. The van der Waals surface area contributed by atoms with E-state index in [1.54, 1.807) is 0 Å². The summed E-state index contributed by atoms with van der Waals surface area (Å²) >= 11 is 1.34. The van der Waals surface area contributed by atoms with Crippen molar-refractivity contribution >= 4 is 50.7 Å². The van der Waals surface area contributed by atoms with E-state index in [2.05, 4.69) is 4.90 Å². The van der Waals surface area contributed by atoms with Crippen LogP contribution in [-0.4, -0.2) is 67.7 Å². The van der Waals surface area contributed by atoms with E-state index < -0.39 is 10.8 Å². The number of likely N-dealkylation sites (N-methyl/N-ethyl adjacent to an activating group) is 1. The third-order valence-corrected chi connectivity index (χ3v) is 6.65. The Balaban J connectivity index is 0.00000456. The Hall–Kier alpha value is -3.15. The molecule has 1 heterocycles. The summed E-state index contributed by atoms with van der Waals surface area (Å²) in [5, 5.41) is 12.3. The molecular weight excluding hydrogens is 508 g/mol. The van der Waals surface area contributed by atoms with Crippen molar-refractivity contribution in [3.63, 3.8) is 0 Å². The number of para-hydroxylation sites is 1. The number of methoxy groups -OCH3 is 2. The van der Waals surface area contributed by atoms with Gasteiger partial charge in [0.1, 0.15) is 16.8 Å². The summed E-state index contributed by atoms with van der Waals surface area (Å²) in [6.45, 7) is 8.95. The standard InChI is InChI=1S/C24H30N4O6S.ClH/c1-6-26(7-2)12-13-27(24-25-22-18(34-8-3)10-9-11-21(22)35-24)23(29)16-14-19(32-4)20(33-5)15-17(16)28(30)31;/h9-11,14-15H,6-8,12-13H2,1-5H3;1H. The van der Waals surface area contributed by atoms with E-state index in [1.807, 2.05) is 39.0 Å². The number of fused-ring (bicyclic) bond motifs is 1. The molecule has 3 aromatic rings. The number of carbonyl (C=O) groups is 1. The predicted molar refractivity (Wildman–Crippen MR) is 144 cm³/mol. The first-order chi connectivity index (χ1) is 16.9. The number of nitrogens with zero attached hydrogens (tertiary/aromatic N) is 4. The Morgan fingerprint density at radius 2 is 1.72 bits per heavy atom. The molecular formula is C24H31ClN4O6S. The van der Waals surface area contributed by atoms with Gasteiger partial charge >= 0.3 is 0 Å². The zero-order chi connectivity index (χ0) is 25.5. The summed E-state index contributed by atoms with van der Waals surface area (Å²) in [6.07, 6.45) is 0. The number of ether oxygens (including phenoxy) is 3. The first-order valence-electron chi connectivity index (χ1n) is 11.3. The highest BCUT2D eigenvalue weighted by molar-refractivity contribution is 7.22. The average molecular weight is 539 g/mol. The Morgan fingerprint density at radius 1 is 1.06 bits per heavy atom. The molecule has 0 fully saturated rings. The number of anilines is 1.